The largest absolute Gasteiger partial charge is 0.396 e. The molecular weight excluding hydrogens is 228 g/mol. The molecule has 1 rings (SSSR count). The monoisotopic (exact) mass is 250 g/mol. The van der Waals surface area contributed by atoms with Crippen LogP contribution in [0.4, 0.5) is 11.4 Å². The lowest BCUT2D eigenvalue weighted by atomic mass is 10.1. The second-order valence-corrected chi connectivity index (χ2v) is 4.89. The van der Waals surface area contributed by atoms with Gasteiger partial charge in [0, 0.05) is 19.3 Å². The summed E-state index contributed by atoms with van der Waals surface area (Å²) in [4.78, 5) is 17.6. The summed E-state index contributed by atoms with van der Waals surface area (Å²) in [5, 5.41) is 2.96. The molecule has 5 heteroatoms. The van der Waals surface area contributed by atoms with Crippen molar-refractivity contribution in [3.63, 3.8) is 0 Å². The van der Waals surface area contributed by atoms with Crippen LogP contribution in [0.1, 0.15) is 20.8 Å². The van der Waals surface area contributed by atoms with Crippen LogP contribution in [0.5, 0.6) is 0 Å². The predicted octanol–water partition coefficient (Wildman–Crippen LogP) is 1.26. The van der Waals surface area contributed by atoms with Gasteiger partial charge in [-0.1, -0.05) is 13.8 Å². The lowest BCUT2D eigenvalue weighted by Gasteiger charge is -2.23. The van der Waals surface area contributed by atoms with Gasteiger partial charge in [-0.25, -0.2) is 0 Å². The molecular formula is C13H22N4O. The van der Waals surface area contributed by atoms with Crippen molar-refractivity contribution in [3.8, 4) is 0 Å². The van der Waals surface area contributed by atoms with Crippen LogP contribution >= 0.6 is 0 Å². The molecule has 1 aromatic rings. The van der Waals surface area contributed by atoms with Crippen LogP contribution in [0.25, 0.3) is 0 Å². The van der Waals surface area contributed by atoms with Crippen LogP contribution in [-0.2, 0) is 4.79 Å². The topological polar surface area (TPSA) is 71.2 Å². The number of amides is 1. The third-order valence-electron chi connectivity index (χ3n) is 3.01. The van der Waals surface area contributed by atoms with Crippen molar-refractivity contribution in [1.82, 2.24) is 10.3 Å². The van der Waals surface area contributed by atoms with Crippen molar-refractivity contribution < 1.29 is 4.79 Å². The fraction of sp³-hybridized carbons (Fsp3) is 0.538. The van der Waals surface area contributed by atoms with Gasteiger partial charge in [0.2, 0.25) is 5.91 Å². The normalized spacial score (nSPS) is 12.3. The van der Waals surface area contributed by atoms with Crippen LogP contribution in [0.2, 0.25) is 0 Å². The van der Waals surface area contributed by atoms with Gasteiger partial charge in [0.15, 0.2) is 0 Å². The standard InChI is InChI=1S/C13H22N4O/c1-9(2)10(3)16-13(18)8-17(4)12-5-6-15-7-11(12)14/h5-7,9-10H,8,14H2,1-4H3,(H,16,18). The van der Waals surface area contributed by atoms with E-state index in [1.807, 2.05) is 18.9 Å². The Balaban J connectivity index is 2.58. The number of rotatable bonds is 5. The first-order valence-corrected chi connectivity index (χ1v) is 6.11. The second-order valence-electron chi connectivity index (χ2n) is 4.89. The minimum Gasteiger partial charge on any atom is -0.396 e. The first kappa shape index (κ1) is 14.3. The quantitative estimate of drug-likeness (QED) is 0.825. The Morgan fingerprint density at radius 2 is 2.17 bits per heavy atom. The maximum Gasteiger partial charge on any atom is 0.239 e. The molecule has 0 spiro atoms. The fourth-order valence-corrected chi connectivity index (χ4v) is 1.51. The number of likely N-dealkylation sites (N-methyl/N-ethyl adjacent to an activating group) is 1. The summed E-state index contributed by atoms with van der Waals surface area (Å²) in [5.74, 6) is 0.417. The highest BCUT2D eigenvalue weighted by Gasteiger charge is 2.13. The Kier molecular flexibility index (Phi) is 4.95. The van der Waals surface area contributed by atoms with Crippen LogP contribution < -0.4 is 16.0 Å². The van der Waals surface area contributed by atoms with Gasteiger partial charge in [-0.3, -0.25) is 9.78 Å². The number of nitrogen functional groups attached to an aromatic ring is 1. The number of pyridine rings is 1. The van der Waals surface area contributed by atoms with E-state index in [-0.39, 0.29) is 18.5 Å². The summed E-state index contributed by atoms with van der Waals surface area (Å²) in [6.45, 7) is 6.44. The van der Waals surface area contributed by atoms with Crippen LogP contribution in [-0.4, -0.2) is 30.5 Å². The Hall–Kier alpha value is -1.78. The minimum absolute atomic E-state index is 0.00471. The van der Waals surface area contributed by atoms with E-state index >= 15 is 0 Å². The number of carbonyl (C=O) groups excluding carboxylic acids is 1. The van der Waals surface area contributed by atoms with Crippen molar-refractivity contribution in [1.29, 1.82) is 0 Å². The highest BCUT2D eigenvalue weighted by molar-refractivity contribution is 5.82. The molecule has 0 fully saturated rings. The zero-order valence-electron chi connectivity index (χ0n) is 11.5. The molecule has 18 heavy (non-hydrogen) atoms. The number of carbonyl (C=O) groups is 1. The number of hydrogen-bond acceptors (Lipinski definition) is 4. The van der Waals surface area contributed by atoms with Gasteiger partial charge >= 0.3 is 0 Å². The molecule has 0 bridgehead atoms. The van der Waals surface area contributed by atoms with E-state index in [9.17, 15) is 4.79 Å². The molecule has 1 aromatic heterocycles. The average molecular weight is 250 g/mol. The van der Waals surface area contributed by atoms with Gasteiger partial charge < -0.3 is 16.0 Å². The van der Waals surface area contributed by atoms with E-state index in [1.54, 1.807) is 18.5 Å². The van der Waals surface area contributed by atoms with Gasteiger partial charge in [0.1, 0.15) is 0 Å². The number of aromatic nitrogens is 1. The summed E-state index contributed by atoms with van der Waals surface area (Å²) in [6.07, 6.45) is 3.25. The van der Waals surface area contributed by atoms with Gasteiger partial charge in [-0.2, -0.15) is 0 Å². The van der Waals surface area contributed by atoms with E-state index in [0.29, 0.717) is 11.6 Å². The number of nitrogens with one attached hydrogen (secondary N) is 1. The first-order valence-electron chi connectivity index (χ1n) is 6.11. The molecule has 0 saturated heterocycles. The number of hydrogen-bond donors (Lipinski definition) is 2. The lowest BCUT2D eigenvalue weighted by Crippen LogP contribution is -2.42. The molecule has 1 amide bonds. The molecule has 0 radical (unpaired) electrons. The molecule has 0 aromatic carbocycles. The molecule has 3 N–H and O–H groups in total. The average Bonchev–Trinajstić information content (AvgIpc) is 2.28. The smallest absolute Gasteiger partial charge is 0.239 e. The highest BCUT2D eigenvalue weighted by Crippen LogP contribution is 2.19. The van der Waals surface area contributed by atoms with E-state index < -0.39 is 0 Å². The lowest BCUT2D eigenvalue weighted by molar-refractivity contribution is -0.120. The maximum absolute atomic E-state index is 11.8. The van der Waals surface area contributed by atoms with Crippen molar-refractivity contribution >= 4 is 17.3 Å². The molecule has 0 aliphatic rings. The van der Waals surface area contributed by atoms with E-state index in [0.717, 1.165) is 5.69 Å². The van der Waals surface area contributed by atoms with E-state index in [2.05, 4.69) is 24.1 Å². The third-order valence-corrected chi connectivity index (χ3v) is 3.01. The van der Waals surface area contributed by atoms with Crippen LogP contribution in [0, 0.1) is 5.92 Å². The fourth-order valence-electron chi connectivity index (χ4n) is 1.51. The molecule has 1 heterocycles. The summed E-state index contributed by atoms with van der Waals surface area (Å²) >= 11 is 0. The summed E-state index contributed by atoms with van der Waals surface area (Å²) in [6, 6.07) is 1.97. The zero-order valence-corrected chi connectivity index (χ0v) is 11.5. The summed E-state index contributed by atoms with van der Waals surface area (Å²) in [5.41, 5.74) is 7.20. The van der Waals surface area contributed by atoms with Crippen molar-refractivity contribution in [2.75, 3.05) is 24.2 Å². The van der Waals surface area contributed by atoms with Gasteiger partial charge in [-0.15, -0.1) is 0 Å². The Labute approximate surface area is 108 Å². The number of nitrogens with two attached hydrogens (primary N) is 1. The molecule has 0 aliphatic carbocycles. The molecule has 5 nitrogen and oxygen atoms in total. The Morgan fingerprint density at radius 3 is 2.72 bits per heavy atom. The highest BCUT2D eigenvalue weighted by atomic mass is 16.2. The van der Waals surface area contributed by atoms with Crippen LogP contribution in [0.3, 0.4) is 0 Å². The van der Waals surface area contributed by atoms with Crippen molar-refractivity contribution in [2.24, 2.45) is 5.92 Å². The predicted molar refractivity (Wildman–Crippen MR) is 74.4 cm³/mol. The summed E-state index contributed by atoms with van der Waals surface area (Å²) in [7, 11) is 1.84. The van der Waals surface area contributed by atoms with Gasteiger partial charge in [-0.05, 0) is 18.9 Å². The number of anilines is 2. The van der Waals surface area contributed by atoms with Crippen LogP contribution in [0.15, 0.2) is 18.5 Å². The summed E-state index contributed by atoms with van der Waals surface area (Å²) < 4.78 is 0. The maximum atomic E-state index is 11.8. The molecule has 0 aliphatic heterocycles. The molecule has 100 valence electrons. The molecule has 1 atom stereocenters. The van der Waals surface area contributed by atoms with E-state index in [1.165, 1.54) is 0 Å². The second kappa shape index (κ2) is 6.23. The first-order chi connectivity index (χ1) is 8.41. The molecule has 1 unspecified atom stereocenters. The van der Waals surface area contributed by atoms with Crippen molar-refractivity contribution in [2.45, 2.75) is 26.8 Å². The van der Waals surface area contributed by atoms with Gasteiger partial charge in [0.05, 0.1) is 24.1 Å². The third kappa shape index (κ3) is 3.91. The van der Waals surface area contributed by atoms with Gasteiger partial charge in [0.25, 0.3) is 0 Å². The number of nitrogens with zero attached hydrogens (tertiary/aromatic N) is 2. The Bertz CT molecular complexity index is 406. The van der Waals surface area contributed by atoms with Crippen molar-refractivity contribution in [3.05, 3.63) is 18.5 Å². The zero-order chi connectivity index (χ0) is 13.7. The minimum atomic E-state index is -0.00471. The molecule has 0 saturated carbocycles. The Morgan fingerprint density at radius 1 is 1.50 bits per heavy atom. The van der Waals surface area contributed by atoms with E-state index in [4.69, 9.17) is 5.73 Å². The SMILES string of the molecule is CC(C)C(C)NC(=O)CN(C)c1ccncc1N.